The fraction of sp³-hybridized carbons (Fsp3) is 0.346. The van der Waals surface area contributed by atoms with Crippen LogP contribution in [0.25, 0.3) is 10.9 Å². The van der Waals surface area contributed by atoms with Crippen LogP contribution < -0.4 is 5.32 Å². The molecule has 2 aliphatic rings. The summed E-state index contributed by atoms with van der Waals surface area (Å²) >= 11 is 0. The Morgan fingerprint density at radius 2 is 1.90 bits per heavy atom. The number of nitrogens with one attached hydrogen (secondary N) is 1. The normalized spacial score (nSPS) is 24.6. The Balaban J connectivity index is 1.20. The number of nitrogens with zero attached hydrogens (tertiary/aromatic N) is 2. The van der Waals surface area contributed by atoms with Gasteiger partial charge >= 0.3 is 0 Å². The summed E-state index contributed by atoms with van der Waals surface area (Å²) in [6, 6.07) is 10.4. The van der Waals surface area contributed by atoms with E-state index >= 15 is 0 Å². The maximum absolute atomic E-state index is 13.8. The van der Waals surface area contributed by atoms with E-state index in [0.29, 0.717) is 41.5 Å². The van der Waals surface area contributed by atoms with Crippen molar-refractivity contribution in [3.8, 4) is 12.3 Å². The first kappa shape index (κ1) is 19.7. The summed E-state index contributed by atoms with van der Waals surface area (Å²) in [6.07, 6.45) is 13.7. The lowest BCUT2D eigenvalue weighted by atomic mass is 9.89. The summed E-state index contributed by atoms with van der Waals surface area (Å²) in [5, 5.41) is 3.87. The summed E-state index contributed by atoms with van der Waals surface area (Å²) in [5.41, 5.74) is 3.31. The topological polar surface area (TPSA) is 54.9 Å². The molecule has 1 aromatic carbocycles. The molecule has 156 valence electrons. The molecule has 0 spiro atoms. The molecular formula is C26H24FN3O. The van der Waals surface area contributed by atoms with Gasteiger partial charge in [-0.3, -0.25) is 9.78 Å². The third kappa shape index (κ3) is 4.03. The number of hydrogen-bond acceptors (Lipinski definition) is 3. The predicted molar refractivity (Wildman–Crippen MR) is 119 cm³/mol. The molecule has 4 atom stereocenters. The molecule has 2 fully saturated rings. The van der Waals surface area contributed by atoms with Crippen LogP contribution in [-0.2, 0) is 4.79 Å². The van der Waals surface area contributed by atoms with Crippen molar-refractivity contribution in [2.75, 3.05) is 5.32 Å². The molecule has 1 unspecified atom stereocenters. The molecule has 4 nitrogen and oxygen atoms in total. The molecule has 5 heteroatoms. The maximum Gasteiger partial charge on any atom is 0.224 e. The summed E-state index contributed by atoms with van der Waals surface area (Å²) < 4.78 is 13.8. The number of halogens is 1. The van der Waals surface area contributed by atoms with Crippen LogP contribution in [-0.4, -0.2) is 15.9 Å². The Morgan fingerprint density at radius 1 is 1.10 bits per heavy atom. The summed E-state index contributed by atoms with van der Waals surface area (Å²) in [5.74, 6) is 4.42. The van der Waals surface area contributed by atoms with Gasteiger partial charge in [-0.2, -0.15) is 0 Å². The second kappa shape index (κ2) is 8.11. The fourth-order valence-corrected chi connectivity index (χ4v) is 5.69. The Bertz CT molecular complexity index is 1150. The number of carbonyl (C=O) groups excluding carboxylic acids is 1. The van der Waals surface area contributed by atoms with Crippen molar-refractivity contribution >= 4 is 22.5 Å². The molecule has 0 aliphatic heterocycles. The molecule has 2 saturated carbocycles. The molecule has 0 bridgehead atoms. The molecule has 3 aromatic rings. The minimum atomic E-state index is -0.213. The quantitative estimate of drug-likeness (QED) is 0.591. The Kier molecular flexibility index (Phi) is 5.15. The fourth-order valence-electron chi connectivity index (χ4n) is 5.69. The molecule has 0 radical (unpaired) electrons. The van der Waals surface area contributed by atoms with Gasteiger partial charge in [0.05, 0.1) is 17.4 Å². The van der Waals surface area contributed by atoms with Gasteiger partial charge in [-0.1, -0.05) is 5.92 Å². The standard InChI is InChI=1S/C26H24FN3O/c1-2-21-4-5-22(15-29-21)30-26(31)11-16-9-17-12-19(13-18(17)10-16)23-7-8-28-25-6-3-20(27)14-24(23)25/h1,3-8,14-19H,9-13H2,(H,30,31)/t16-,17-,18+,19?. The van der Waals surface area contributed by atoms with Gasteiger partial charge in [0.15, 0.2) is 0 Å². The molecule has 5 rings (SSSR count). The number of aromatic nitrogens is 2. The number of rotatable bonds is 4. The van der Waals surface area contributed by atoms with E-state index in [1.807, 2.05) is 6.20 Å². The van der Waals surface area contributed by atoms with E-state index in [1.54, 1.807) is 30.5 Å². The van der Waals surface area contributed by atoms with Gasteiger partial charge < -0.3 is 5.32 Å². The van der Waals surface area contributed by atoms with Gasteiger partial charge in [0.2, 0.25) is 5.91 Å². The third-order valence-corrected chi connectivity index (χ3v) is 6.96. The Hall–Kier alpha value is -3.26. The lowest BCUT2D eigenvalue weighted by Gasteiger charge is -2.17. The summed E-state index contributed by atoms with van der Waals surface area (Å²) in [6.45, 7) is 0. The van der Waals surface area contributed by atoms with E-state index < -0.39 is 0 Å². The van der Waals surface area contributed by atoms with E-state index in [2.05, 4.69) is 27.3 Å². The average molecular weight is 413 g/mol. The highest BCUT2D eigenvalue weighted by Crippen LogP contribution is 2.53. The van der Waals surface area contributed by atoms with E-state index in [4.69, 9.17) is 6.42 Å². The lowest BCUT2D eigenvalue weighted by molar-refractivity contribution is -0.117. The zero-order chi connectivity index (χ0) is 21.4. The van der Waals surface area contributed by atoms with Crippen LogP contribution in [0.4, 0.5) is 10.1 Å². The first-order valence-corrected chi connectivity index (χ1v) is 10.9. The minimum absolute atomic E-state index is 0.0346. The third-order valence-electron chi connectivity index (χ3n) is 6.96. The van der Waals surface area contributed by atoms with Gasteiger partial charge in [0.1, 0.15) is 11.5 Å². The number of benzene rings is 1. The van der Waals surface area contributed by atoms with Crippen molar-refractivity contribution in [2.45, 2.75) is 38.0 Å². The Morgan fingerprint density at radius 3 is 2.61 bits per heavy atom. The summed E-state index contributed by atoms with van der Waals surface area (Å²) in [4.78, 5) is 21.0. The van der Waals surface area contributed by atoms with Crippen molar-refractivity contribution in [1.82, 2.24) is 9.97 Å². The molecule has 0 saturated heterocycles. The van der Waals surface area contributed by atoms with Gasteiger partial charge in [0, 0.05) is 18.0 Å². The SMILES string of the molecule is C#Cc1ccc(NC(=O)C[C@H]2C[C@H]3CC(c4ccnc5ccc(F)cc45)C[C@H]3C2)cn1. The zero-order valence-corrected chi connectivity index (χ0v) is 17.2. The van der Waals surface area contributed by atoms with E-state index in [9.17, 15) is 9.18 Å². The first-order chi connectivity index (χ1) is 15.1. The van der Waals surface area contributed by atoms with Crippen molar-refractivity contribution in [3.63, 3.8) is 0 Å². The number of fused-ring (bicyclic) bond motifs is 2. The van der Waals surface area contributed by atoms with E-state index in [-0.39, 0.29) is 11.7 Å². The molecule has 2 aliphatic carbocycles. The largest absolute Gasteiger partial charge is 0.325 e. The van der Waals surface area contributed by atoms with Crippen LogP contribution in [0.15, 0.2) is 48.8 Å². The van der Waals surface area contributed by atoms with Crippen molar-refractivity contribution in [1.29, 1.82) is 0 Å². The van der Waals surface area contributed by atoms with Gasteiger partial charge in [0.25, 0.3) is 0 Å². The number of hydrogen-bond donors (Lipinski definition) is 1. The molecule has 31 heavy (non-hydrogen) atoms. The average Bonchev–Trinajstić information content (AvgIpc) is 3.32. The maximum atomic E-state index is 13.8. The highest BCUT2D eigenvalue weighted by atomic mass is 19.1. The second-order valence-electron chi connectivity index (χ2n) is 8.92. The smallest absolute Gasteiger partial charge is 0.224 e. The molecular weight excluding hydrogens is 389 g/mol. The van der Waals surface area contributed by atoms with Crippen LogP contribution >= 0.6 is 0 Å². The number of anilines is 1. The number of carbonyl (C=O) groups is 1. The number of terminal acetylenes is 1. The molecule has 1 N–H and O–H groups in total. The van der Waals surface area contributed by atoms with Crippen LogP contribution in [0, 0.1) is 35.9 Å². The number of amides is 1. The van der Waals surface area contributed by atoms with Crippen LogP contribution in [0.3, 0.4) is 0 Å². The van der Waals surface area contributed by atoms with Gasteiger partial charge in [-0.05, 0) is 91.3 Å². The van der Waals surface area contributed by atoms with Crippen molar-refractivity contribution in [2.24, 2.45) is 17.8 Å². The monoisotopic (exact) mass is 413 g/mol. The molecule has 2 heterocycles. The zero-order valence-electron chi connectivity index (χ0n) is 17.2. The Labute approximate surface area is 181 Å². The van der Waals surface area contributed by atoms with E-state index in [0.717, 1.165) is 36.6 Å². The van der Waals surface area contributed by atoms with Crippen LogP contribution in [0.1, 0.15) is 49.3 Å². The van der Waals surface area contributed by atoms with Crippen LogP contribution in [0.5, 0.6) is 0 Å². The minimum Gasteiger partial charge on any atom is -0.325 e. The number of pyridine rings is 2. The highest BCUT2D eigenvalue weighted by Gasteiger charge is 2.42. The van der Waals surface area contributed by atoms with Gasteiger partial charge in [-0.25, -0.2) is 9.37 Å². The van der Waals surface area contributed by atoms with Gasteiger partial charge in [-0.15, -0.1) is 6.42 Å². The highest BCUT2D eigenvalue weighted by molar-refractivity contribution is 5.90. The summed E-state index contributed by atoms with van der Waals surface area (Å²) in [7, 11) is 0. The lowest BCUT2D eigenvalue weighted by Crippen LogP contribution is -2.16. The first-order valence-electron chi connectivity index (χ1n) is 10.9. The van der Waals surface area contributed by atoms with Crippen molar-refractivity contribution < 1.29 is 9.18 Å². The molecule has 2 aromatic heterocycles. The predicted octanol–water partition coefficient (Wildman–Crippen LogP) is 5.30. The van der Waals surface area contributed by atoms with Crippen LogP contribution in [0.2, 0.25) is 0 Å². The van der Waals surface area contributed by atoms with E-state index in [1.165, 1.54) is 11.6 Å². The van der Waals surface area contributed by atoms with Crippen molar-refractivity contribution in [3.05, 3.63) is 65.9 Å². The second-order valence-corrected chi connectivity index (χ2v) is 8.92. The molecule has 1 amide bonds.